The Morgan fingerprint density at radius 1 is 1.37 bits per heavy atom. The third-order valence-electron chi connectivity index (χ3n) is 3.58. The molecule has 5 heteroatoms. The summed E-state index contributed by atoms with van der Waals surface area (Å²) in [6, 6.07) is 7.13. The highest BCUT2D eigenvalue weighted by Crippen LogP contribution is 2.28. The minimum absolute atomic E-state index is 0.00240. The summed E-state index contributed by atoms with van der Waals surface area (Å²) in [5.41, 5.74) is 0.519. The monoisotopic (exact) mass is 282 g/mol. The van der Waals surface area contributed by atoms with Gasteiger partial charge < -0.3 is 15.7 Å². The molecule has 0 atom stereocenters. The Morgan fingerprint density at radius 2 is 2.11 bits per heavy atom. The maximum Gasteiger partial charge on any atom is 0.315 e. The van der Waals surface area contributed by atoms with E-state index in [4.69, 9.17) is 11.6 Å². The summed E-state index contributed by atoms with van der Waals surface area (Å²) in [4.78, 5) is 11.9. The van der Waals surface area contributed by atoms with Gasteiger partial charge in [0.25, 0.3) is 0 Å². The highest BCUT2D eigenvalue weighted by Gasteiger charge is 2.34. The van der Waals surface area contributed by atoms with Crippen LogP contribution in [0.1, 0.15) is 31.2 Å². The first-order chi connectivity index (χ1) is 9.13. The van der Waals surface area contributed by atoms with Crippen LogP contribution in [0.15, 0.2) is 24.3 Å². The smallest absolute Gasteiger partial charge is 0.315 e. The molecule has 19 heavy (non-hydrogen) atoms. The number of nitrogens with one attached hydrogen (secondary N) is 2. The normalized spacial score (nSPS) is 17.2. The molecule has 104 valence electrons. The molecule has 0 unspecified atom stereocenters. The van der Waals surface area contributed by atoms with Gasteiger partial charge in [-0.3, -0.25) is 0 Å². The molecule has 1 aliphatic rings. The second-order valence-corrected chi connectivity index (χ2v) is 5.52. The number of hydrogen-bond acceptors (Lipinski definition) is 2. The molecular weight excluding hydrogens is 264 g/mol. The number of urea groups is 1. The third-order valence-corrected chi connectivity index (χ3v) is 3.82. The van der Waals surface area contributed by atoms with Crippen LogP contribution in [0.4, 0.5) is 4.79 Å². The van der Waals surface area contributed by atoms with Crippen molar-refractivity contribution in [3.63, 3.8) is 0 Å². The Kier molecular flexibility index (Phi) is 4.66. The lowest BCUT2D eigenvalue weighted by Crippen LogP contribution is -2.52. The summed E-state index contributed by atoms with van der Waals surface area (Å²) in [5, 5.41) is 15.8. The molecule has 0 heterocycles. The van der Waals surface area contributed by atoms with Gasteiger partial charge in [-0.05, 0) is 30.5 Å². The number of aliphatic hydroxyl groups excluding tert-OH is 1. The highest BCUT2D eigenvalue weighted by molar-refractivity contribution is 6.30. The maximum absolute atomic E-state index is 11.9. The molecule has 4 nitrogen and oxygen atoms in total. The van der Waals surface area contributed by atoms with Crippen LogP contribution in [0.3, 0.4) is 0 Å². The fourth-order valence-electron chi connectivity index (χ4n) is 2.49. The average Bonchev–Trinajstić information content (AvgIpc) is 2.86. The molecule has 3 N–H and O–H groups in total. The van der Waals surface area contributed by atoms with E-state index in [1.165, 1.54) is 0 Å². The van der Waals surface area contributed by atoms with Crippen molar-refractivity contribution in [2.45, 2.75) is 37.8 Å². The van der Waals surface area contributed by atoms with E-state index in [1.54, 1.807) is 6.07 Å². The zero-order valence-corrected chi connectivity index (χ0v) is 11.5. The van der Waals surface area contributed by atoms with Crippen molar-refractivity contribution in [1.82, 2.24) is 10.6 Å². The highest BCUT2D eigenvalue weighted by atomic mass is 35.5. The topological polar surface area (TPSA) is 61.4 Å². The Bertz CT molecular complexity index is 445. The van der Waals surface area contributed by atoms with Crippen LogP contribution in [0.2, 0.25) is 5.02 Å². The molecular formula is C14H19ClN2O2. The molecule has 0 spiro atoms. The van der Waals surface area contributed by atoms with Crippen molar-refractivity contribution in [1.29, 1.82) is 0 Å². The second kappa shape index (κ2) is 6.26. The average molecular weight is 283 g/mol. The van der Waals surface area contributed by atoms with Crippen molar-refractivity contribution < 1.29 is 9.90 Å². The summed E-state index contributed by atoms with van der Waals surface area (Å²) in [5.74, 6) is 0. The fraction of sp³-hybridized carbons (Fsp3) is 0.500. The number of halogens is 1. The van der Waals surface area contributed by atoms with E-state index in [1.807, 2.05) is 18.2 Å². The lowest BCUT2D eigenvalue weighted by Gasteiger charge is -2.28. The number of hydrogen-bond donors (Lipinski definition) is 3. The van der Waals surface area contributed by atoms with Crippen molar-refractivity contribution in [2.24, 2.45) is 0 Å². The van der Waals surface area contributed by atoms with Crippen LogP contribution in [0.5, 0.6) is 0 Å². The van der Waals surface area contributed by atoms with Gasteiger partial charge in [-0.25, -0.2) is 4.79 Å². The van der Waals surface area contributed by atoms with Crippen molar-refractivity contribution in [3.05, 3.63) is 34.9 Å². The minimum atomic E-state index is -0.432. The van der Waals surface area contributed by atoms with E-state index in [-0.39, 0.29) is 12.6 Å². The predicted octanol–water partition coefficient (Wildman–Crippen LogP) is 2.44. The second-order valence-electron chi connectivity index (χ2n) is 5.08. The van der Waals surface area contributed by atoms with Gasteiger partial charge in [0.2, 0.25) is 0 Å². The van der Waals surface area contributed by atoms with Gasteiger partial charge in [0.05, 0.1) is 12.1 Å². The van der Waals surface area contributed by atoms with Crippen LogP contribution in [-0.2, 0) is 6.54 Å². The van der Waals surface area contributed by atoms with Crippen molar-refractivity contribution >= 4 is 17.6 Å². The van der Waals surface area contributed by atoms with Crippen LogP contribution in [-0.4, -0.2) is 23.3 Å². The largest absolute Gasteiger partial charge is 0.394 e. The van der Waals surface area contributed by atoms with E-state index in [9.17, 15) is 9.90 Å². The molecule has 1 saturated carbocycles. The van der Waals surface area contributed by atoms with Gasteiger partial charge in [0, 0.05) is 11.6 Å². The number of rotatable bonds is 4. The molecule has 1 aromatic rings. The molecule has 0 aliphatic heterocycles. The molecule has 1 fully saturated rings. The first-order valence-corrected chi connectivity index (χ1v) is 6.93. The summed E-state index contributed by atoms with van der Waals surface area (Å²) in [7, 11) is 0. The molecule has 0 aromatic heterocycles. The lowest BCUT2D eigenvalue weighted by molar-refractivity contribution is 0.163. The van der Waals surface area contributed by atoms with Crippen LogP contribution in [0, 0.1) is 0 Å². The first-order valence-electron chi connectivity index (χ1n) is 6.55. The van der Waals surface area contributed by atoms with Crippen LogP contribution < -0.4 is 10.6 Å². The molecule has 0 saturated heterocycles. The standard InChI is InChI=1S/C14H19ClN2O2/c15-12-5-3-4-11(8-12)9-16-13(19)17-14(10-18)6-1-2-7-14/h3-5,8,18H,1-2,6-7,9-10H2,(H2,16,17,19). The van der Waals surface area contributed by atoms with Crippen molar-refractivity contribution in [2.75, 3.05) is 6.61 Å². The first kappa shape index (κ1) is 14.2. The molecule has 1 aliphatic carbocycles. The van der Waals surface area contributed by atoms with Gasteiger partial charge in [-0.1, -0.05) is 36.6 Å². The van der Waals surface area contributed by atoms with E-state index < -0.39 is 5.54 Å². The van der Waals surface area contributed by atoms with Crippen LogP contribution >= 0.6 is 11.6 Å². The van der Waals surface area contributed by atoms with Gasteiger partial charge in [-0.15, -0.1) is 0 Å². The Labute approximate surface area is 118 Å². The zero-order valence-electron chi connectivity index (χ0n) is 10.8. The number of carbonyl (C=O) groups excluding carboxylic acids is 1. The lowest BCUT2D eigenvalue weighted by atomic mass is 9.99. The van der Waals surface area contributed by atoms with E-state index in [2.05, 4.69) is 10.6 Å². The zero-order chi connectivity index (χ0) is 13.7. The molecule has 0 radical (unpaired) electrons. The summed E-state index contributed by atoms with van der Waals surface area (Å²) < 4.78 is 0. The maximum atomic E-state index is 11.9. The fourth-order valence-corrected chi connectivity index (χ4v) is 2.70. The number of benzene rings is 1. The molecule has 1 aromatic carbocycles. The number of amides is 2. The van der Waals surface area contributed by atoms with Crippen LogP contribution in [0.25, 0.3) is 0 Å². The van der Waals surface area contributed by atoms with Crippen molar-refractivity contribution in [3.8, 4) is 0 Å². The van der Waals surface area contributed by atoms with E-state index >= 15 is 0 Å². The van der Waals surface area contributed by atoms with E-state index in [0.717, 1.165) is 31.2 Å². The Morgan fingerprint density at radius 3 is 2.74 bits per heavy atom. The number of carbonyl (C=O) groups is 1. The summed E-state index contributed by atoms with van der Waals surface area (Å²) >= 11 is 5.88. The predicted molar refractivity (Wildman–Crippen MR) is 75.1 cm³/mol. The molecule has 2 amide bonds. The third kappa shape index (κ3) is 3.85. The van der Waals surface area contributed by atoms with Gasteiger partial charge in [0.1, 0.15) is 0 Å². The quantitative estimate of drug-likeness (QED) is 0.794. The SMILES string of the molecule is O=C(NCc1cccc(Cl)c1)NC1(CO)CCCC1. The van der Waals surface area contributed by atoms with Gasteiger partial charge in [-0.2, -0.15) is 0 Å². The molecule has 2 rings (SSSR count). The minimum Gasteiger partial charge on any atom is -0.394 e. The van der Waals surface area contributed by atoms with Gasteiger partial charge >= 0.3 is 6.03 Å². The Balaban J connectivity index is 1.84. The van der Waals surface area contributed by atoms with Gasteiger partial charge in [0.15, 0.2) is 0 Å². The number of aliphatic hydroxyl groups is 1. The summed E-state index contributed by atoms with van der Waals surface area (Å²) in [6.07, 6.45) is 3.78. The summed E-state index contributed by atoms with van der Waals surface area (Å²) in [6.45, 7) is 0.422. The van der Waals surface area contributed by atoms with E-state index in [0.29, 0.717) is 11.6 Å². The molecule has 0 bridgehead atoms. The Hall–Kier alpha value is -1.26.